The highest BCUT2D eigenvalue weighted by atomic mass is 35.5. The molecule has 2 rings (SSSR count). The molecular formula is C12H9ClF2N4O. The Kier molecular flexibility index (Phi) is 3.80. The van der Waals surface area contributed by atoms with Crippen molar-refractivity contribution in [2.24, 2.45) is 0 Å². The average molecular weight is 299 g/mol. The summed E-state index contributed by atoms with van der Waals surface area (Å²) in [5.74, 6) is -2.19. The summed E-state index contributed by atoms with van der Waals surface area (Å²) in [6, 6.07) is 2.89. The zero-order chi connectivity index (χ0) is 14.9. The van der Waals surface area contributed by atoms with E-state index >= 15 is 0 Å². The number of nitrogens with one attached hydrogen (secondary N) is 1. The van der Waals surface area contributed by atoms with Crippen molar-refractivity contribution in [1.29, 1.82) is 0 Å². The molecule has 1 aromatic carbocycles. The van der Waals surface area contributed by atoms with Crippen LogP contribution in [0.15, 0.2) is 18.2 Å². The molecule has 0 aliphatic rings. The zero-order valence-electron chi connectivity index (χ0n) is 10.2. The minimum atomic E-state index is -0.866. The fraction of sp³-hybridized carbons (Fsp3) is 0.0833. The first kappa shape index (κ1) is 14.1. The van der Waals surface area contributed by atoms with E-state index in [2.05, 4.69) is 15.3 Å². The Labute approximate surface area is 117 Å². The zero-order valence-corrected chi connectivity index (χ0v) is 11.0. The van der Waals surface area contributed by atoms with E-state index in [1.54, 1.807) is 0 Å². The summed E-state index contributed by atoms with van der Waals surface area (Å²) in [5.41, 5.74) is 5.31. The van der Waals surface area contributed by atoms with E-state index in [1.165, 1.54) is 7.05 Å². The Morgan fingerprint density at radius 1 is 1.35 bits per heavy atom. The van der Waals surface area contributed by atoms with Gasteiger partial charge in [0.2, 0.25) is 5.28 Å². The smallest absolute Gasteiger partial charge is 0.271 e. The number of benzene rings is 1. The van der Waals surface area contributed by atoms with Crippen LogP contribution in [0.5, 0.6) is 0 Å². The normalized spacial score (nSPS) is 10.4. The van der Waals surface area contributed by atoms with Crippen LogP contribution < -0.4 is 11.1 Å². The van der Waals surface area contributed by atoms with Gasteiger partial charge in [-0.2, -0.15) is 0 Å². The van der Waals surface area contributed by atoms with Crippen molar-refractivity contribution < 1.29 is 13.6 Å². The molecule has 5 nitrogen and oxygen atoms in total. The Morgan fingerprint density at radius 2 is 2.05 bits per heavy atom. The molecule has 3 N–H and O–H groups in total. The molecule has 1 amide bonds. The fourth-order valence-corrected chi connectivity index (χ4v) is 1.79. The second-order valence-corrected chi connectivity index (χ2v) is 4.14. The summed E-state index contributed by atoms with van der Waals surface area (Å²) < 4.78 is 26.7. The van der Waals surface area contributed by atoms with Gasteiger partial charge < -0.3 is 11.1 Å². The van der Waals surface area contributed by atoms with E-state index in [-0.39, 0.29) is 27.9 Å². The van der Waals surface area contributed by atoms with Crippen molar-refractivity contribution in [3.05, 3.63) is 40.8 Å². The number of hydrogen-bond donors (Lipinski definition) is 2. The number of carbonyl (C=O) groups is 1. The van der Waals surface area contributed by atoms with Crippen LogP contribution >= 0.6 is 11.6 Å². The topological polar surface area (TPSA) is 80.9 Å². The number of carbonyl (C=O) groups excluding carboxylic acids is 1. The lowest BCUT2D eigenvalue weighted by Crippen LogP contribution is -2.22. The van der Waals surface area contributed by atoms with Gasteiger partial charge in [0, 0.05) is 18.7 Å². The van der Waals surface area contributed by atoms with Gasteiger partial charge >= 0.3 is 0 Å². The Morgan fingerprint density at radius 3 is 2.65 bits per heavy atom. The number of halogens is 3. The Hall–Kier alpha value is -2.28. The molecule has 0 saturated carbocycles. The number of nitrogens with zero attached hydrogens (tertiary/aromatic N) is 2. The molecule has 0 unspecified atom stereocenters. The maximum Gasteiger partial charge on any atom is 0.271 e. The van der Waals surface area contributed by atoms with Crippen molar-refractivity contribution in [3.63, 3.8) is 0 Å². The van der Waals surface area contributed by atoms with E-state index in [1.807, 2.05) is 0 Å². The minimum Gasteiger partial charge on any atom is -0.395 e. The van der Waals surface area contributed by atoms with Gasteiger partial charge in [0.25, 0.3) is 5.91 Å². The lowest BCUT2D eigenvalue weighted by Gasteiger charge is -2.10. The quantitative estimate of drug-likeness (QED) is 0.831. The van der Waals surface area contributed by atoms with Crippen LogP contribution in [0.25, 0.3) is 11.3 Å². The number of anilines is 1. The Balaban J connectivity index is 2.68. The van der Waals surface area contributed by atoms with E-state index in [4.69, 9.17) is 17.3 Å². The predicted molar refractivity (Wildman–Crippen MR) is 70.2 cm³/mol. The summed E-state index contributed by atoms with van der Waals surface area (Å²) >= 11 is 5.70. The van der Waals surface area contributed by atoms with Crippen LogP contribution in [-0.2, 0) is 0 Å². The van der Waals surface area contributed by atoms with Gasteiger partial charge in [0.05, 0.1) is 5.69 Å². The first-order valence-corrected chi connectivity index (χ1v) is 5.82. The van der Waals surface area contributed by atoms with Gasteiger partial charge in [-0.1, -0.05) is 0 Å². The lowest BCUT2D eigenvalue weighted by molar-refractivity contribution is 0.0959. The first-order valence-electron chi connectivity index (χ1n) is 5.44. The van der Waals surface area contributed by atoms with Crippen LogP contribution in [0.4, 0.5) is 14.5 Å². The van der Waals surface area contributed by atoms with E-state index < -0.39 is 17.5 Å². The number of nitrogens with two attached hydrogens (primary N) is 1. The largest absolute Gasteiger partial charge is 0.395 e. The van der Waals surface area contributed by atoms with Gasteiger partial charge in [0.15, 0.2) is 5.69 Å². The van der Waals surface area contributed by atoms with Crippen LogP contribution in [0, 0.1) is 11.6 Å². The molecule has 0 bridgehead atoms. The summed E-state index contributed by atoms with van der Waals surface area (Å²) in [6.45, 7) is 0. The molecule has 0 aliphatic heterocycles. The fourth-order valence-electron chi connectivity index (χ4n) is 1.62. The number of nitrogen functional groups attached to an aromatic ring is 1. The maximum atomic E-state index is 13.8. The molecule has 8 heteroatoms. The number of hydrogen-bond acceptors (Lipinski definition) is 4. The minimum absolute atomic E-state index is 0.0684. The second-order valence-electron chi connectivity index (χ2n) is 3.81. The highest BCUT2D eigenvalue weighted by Gasteiger charge is 2.19. The monoisotopic (exact) mass is 298 g/mol. The molecule has 1 heterocycles. The maximum absolute atomic E-state index is 13.8. The standard InChI is InChI=1S/C12H9ClF2N4O/c1-17-11(20)10-8(16)9(18-12(13)19-10)6-3-2-5(14)4-7(6)15/h2-4H,16H2,1H3,(H,17,20). The SMILES string of the molecule is CNC(=O)c1nc(Cl)nc(-c2ccc(F)cc2F)c1N. The van der Waals surface area contributed by atoms with Gasteiger partial charge in [-0.3, -0.25) is 4.79 Å². The molecule has 0 atom stereocenters. The third-order valence-corrected chi connectivity index (χ3v) is 2.72. The van der Waals surface area contributed by atoms with Gasteiger partial charge in [-0.05, 0) is 23.7 Å². The van der Waals surface area contributed by atoms with Crippen molar-refractivity contribution in [3.8, 4) is 11.3 Å². The highest BCUT2D eigenvalue weighted by Crippen LogP contribution is 2.29. The third-order valence-electron chi connectivity index (χ3n) is 2.55. The van der Waals surface area contributed by atoms with Gasteiger partial charge in [-0.25, -0.2) is 18.7 Å². The van der Waals surface area contributed by atoms with E-state index in [0.29, 0.717) is 6.07 Å². The average Bonchev–Trinajstić information content (AvgIpc) is 2.40. The molecule has 20 heavy (non-hydrogen) atoms. The summed E-state index contributed by atoms with van der Waals surface area (Å²) in [6.07, 6.45) is 0. The van der Waals surface area contributed by atoms with Gasteiger partial charge in [-0.15, -0.1) is 0 Å². The van der Waals surface area contributed by atoms with Crippen molar-refractivity contribution in [2.45, 2.75) is 0 Å². The molecule has 0 radical (unpaired) electrons. The van der Waals surface area contributed by atoms with Crippen molar-refractivity contribution in [2.75, 3.05) is 12.8 Å². The number of aromatic nitrogens is 2. The first-order chi connectivity index (χ1) is 9.43. The third kappa shape index (κ3) is 2.53. The highest BCUT2D eigenvalue weighted by molar-refractivity contribution is 6.28. The predicted octanol–water partition coefficient (Wildman–Crippen LogP) is 2.02. The molecule has 0 aliphatic carbocycles. The molecule has 0 fully saturated rings. The van der Waals surface area contributed by atoms with Crippen molar-refractivity contribution >= 4 is 23.2 Å². The van der Waals surface area contributed by atoms with E-state index in [9.17, 15) is 13.6 Å². The lowest BCUT2D eigenvalue weighted by atomic mass is 10.1. The van der Waals surface area contributed by atoms with Gasteiger partial charge in [0.1, 0.15) is 17.3 Å². The second kappa shape index (κ2) is 5.38. The Bertz CT molecular complexity index is 693. The summed E-state index contributed by atoms with van der Waals surface area (Å²) in [4.78, 5) is 19.1. The van der Waals surface area contributed by atoms with Crippen LogP contribution in [-0.4, -0.2) is 22.9 Å². The molecule has 104 valence electrons. The molecule has 0 saturated heterocycles. The molecule has 0 spiro atoms. The van der Waals surface area contributed by atoms with Crippen LogP contribution in [0.3, 0.4) is 0 Å². The molecule has 1 aromatic heterocycles. The number of amides is 1. The van der Waals surface area contributed by atoms with Crippen LogP contribution in [0.2, 0.25) is 5.28 Å². The van der Waals surface area contributed by atoms with E-state index in [0.717, 1.165) is 12.1 Å². The van der Waals surface area contributed by atoms with Crippen LogP contribution in [0.1, 0.15) is 10.5 Å². The number of rotatable bonds is 2. The van der Waals surface area contributed by atoms with Crippen molar-refractivity contribution in [1.82, 2.24) is 15.3 Å². The summed E-state index contributed by atoms with van der Waals surface area (Å²) in [5, 5.41) is 2.06. The molecule has 2 aromatic rings. The summed E-state index contributed by atoms with van der Waals surface area (Å²) in [7, 11) is 1.38. The molecular weight excluding hydrogens is 290 g/mol.